The van der Waals surface area contributed by atoms with Crippen molar-refractivity contribution in [1.82, 2.24) is 20.9 Å². The number of rotatable bonds is 7. The highest BCUT2D eigenvalue weighted by Crippen LogP contribution is 2.32. The molecular weight excluding hydrogens is 412 g/mol. The fourth-order valence-electron chi connectivity index (χ4n) is 3.85. The summed E-state index contributed by atoms with van der Waals surface area (Å²) in [5.74, 6) is 0.808. The maximum absolute atomic E-state index is 13.0. The minimum Gasteiger partial charge on any atom is -0.454 e. The summed E-state index contributed by atoms with van der Waals surface area (Å²) < 4.78 is 10.7. The molecule has 9 nitrogen and oxygen atoms in total. The summed E-state index contributed by atoms with van der Waals surface area (Å²) in [5.41, 5.74) is 0.407. The zero-order valence-electron chi connectivity index (χ0n) is 19.3. The number of amides is 4. The maximum Gasteiger partial charge on any atom is 0.317 e. The van der Waals surface area contributed by atoms with Gasteiger partial charge in [0.2, 0.25) is 12.7 Å². The highest BCUT2D eigenvalue weighted by atomic mass is 16.7. The summed E-state index contributed by atoms with van der Waals surface area (Å²) in [4.78, 5) is 40.0. The number of piperidine rings is 1. The molecule has 1 unspecified atom stereocenters. The second kappa shape index (κ2) is 10.6. The first-order valence-electron chi connectivity index (χ1n) is 11.3. The Morgan fingerprint density at radius 1 is 1.03 bits per heavy atom. The number of carbonyl (C=O) groups excluding carboxylic acids is 3. The average molecular weight is 447 g/mol. The number of nitrogens with one attached hydrogen (secondary N) is 3. The van der Waals surface area contributed by atoms with Crippen molar-refractivity contribution in [3.8, 4) is 11.5 Å². The highest BCUT2D eigenvalue weighted by Gasteiger charge is 2.34. The van der Waals surface area contributed by atoms with Crippen LogP contribution in [0.3, 0.4) is 0 Å². The van der Waals surface area contributed by atoms with E-state index in [4.69, 9.17) is 9.47 Å². The van der Waals surface area contributed by atoms with Gasteiger partial charge in [-0.25, -0.2) is 4.79 Å². The molecule has 0 radical (unpaired) electrons. The molecule has 2 aliphatic heterocycles. The third kappa shape index (κ3) is 6.05. The van der Waals surface area contributed by atoms with Crippen molar-refractivity contribution in [2.45, 2.75) is 52.6 Å². The average Bonchev–Trinajstić information content (AvgIpc) is 3.23. The molecule has 0 aliphatic carbocycles. The lowest BCUT2D eigenvalue weighted by Crippen LogP contribution is -2.55. The van der Waals surface area contributed by atoms with Crippen LogP contribution in [0.5, 0.6) is 11.5 Å². The van der Waals surface area contributed by atoms with Crippen LogP contribution < -0.4 is 25.4 Å². The lowest BCUT2D eigenvalue weighted by atomic mass is 9.88. The van der Waals surface area contributed by atoms with Gasteiger partial charge in [-0.2, -0.15) is 0 Å². The molecule has 2 heterocycles. The molecule has 0 saturated carbocycles. The van der Waals surface area contributed by atoms with Crippen molar-refractivity contribution in [1.29, 1.82) is 0 Å². The Morgan fingerprint density at radius 3 is 2.38 bits per heavy atom. The van der Waals surface area contributed by atoms with Crippen LogP contribution in [0, 0.1) is 11.8 Å². The first-order valence-corrected chi connectivity index (χ1v) is 11.3. The largest absolute Gasteiger partial charge is 0.454 e. The molecule has 3 rings (SSSR count). The van der Waals surface area contributed by atoms with Crippen molar-refractivity contribution in [2.24, 2.45) is 11.8 Å². The van der Waals surface area contributed by atoms with Crippen LogP contribution in [-0.4, -0.2) is 61.3 Å². The van der Waals surface area contributed by atoms with Gasteiger partial charge >= 0.3 is 6.03 Å². The summed E-state index contributed by atoms with van der Waals surface area (Å²) in [6, 6.07) is 4.27. The summed E-state index contributed by atoms with van der Waals surface area (Å²) >= 11 is 0. The van der Waals surface area contributed by atoms with Crippen LogP contribution in [0.25, 0.3) is 0 Å². The second-order valence-corrected chi connectivity index (χ2v) is 9.09. The Hall–Kier alpha value is -2.97. The van der Waals surface area contributed by atoms with E-state index in [-0.39, 0.29) is 36.6 Å². The van der Waals surface area contributed by atoms with E-state index in [1.807, 2.05) is 27.7 Å². The van der Waals surface area contributed by atoms with Gasteiger partial charge in [-0.1, -0.05) is 13.8 Å². The second-order valence-electron chi connectivity index (χ2n) is 9.09. The van der Waals surface area contributed by atoms with Crippen LogP contribution in [0.4, 0.5) is 4.79 Å². The number of urea groups is 1. The molecule has 3 N–H and O–H groups in total. The number of fused-ring (bicyclic) bond motifs is 1. The van der Waals surface area contributed by atoms with E-state index in [0.29, 0.717) is 55.5 Å². The fraction of sp³-hybridized carbons (Fsp3) is 0.609. The van der Waals surface area contributed by atoms with E-state index in [1.165, 1.54) is 0 Å². The highest BCUT2D eigenvalue weighted by molar-refractivity contribution is 5.98. The molecule has 4 amide bonds. The number of nitrogens with zero attached hydrogens (tertiary/aromatic N) is 1. The Bertz CT molecular complexity index is 834. The lowest BCUT2D eigenvalue weighted by Gasteiger charge is -2.36. The first-order chi connectivity index (χ1) is 15.2. The Labute approximate surface area is 189 Å². The van der Waals surface area contributed by atoms with Crippen molar-refractivity contribution < 1.29 is 23.9 Å². The third-order valence-electron chi connectivity index (χ3n) is 5.60. The fourth-order valence-corrected chi connectivity index (χ4v) is 3.85. The minimum atomic E-state index is -0.679. The molecule has 0 bridgehead atoms. The molecule has 9 heteroatoms. The van der Waals surface area contributed by atoms with Gasteiger partial charge in [0.25, 0.3) is 5.91 Å². The Kier molecular flexibility index (Phi) is 7.82. The van der Waals surface area contributed by atoms with E-state index >= 15 is 0 Å². The Morgan fingerprint density at radius 2 is 1.72 bits per heavy atom. The van der Waals surface area contributed by atoms with E-state index in [2.05, 4.69) is 16.0 Å². The first kappa shape index (κ1) is 23.7. The van der Waals surface area contributed by atoms with Crippen LogP contribution in [-0.2, 0) is 4.79 Å². The van der Waals surface area contributed by atoms with Crippen molar-refractivity contribution in [3.05, 3.63) is 23.8 Å². The van der Waals surface area contributed by atoms with E-state index in [1.54, 1.807) is 23.1 Å². The zero-order valence-corrected chi connectivity index (χ0v) is 19.3. The predicted molar refractivity (Wildman–Crippen MR) is 120 cm³/mol. The van der Waals surface area contributed by atoms with Gasteiger partial charge in [0.15, 0.2) is 11.5 Å². The molecule has 1 atom stereocenters. The van der Waals surface area contributed by atoms with Gasteiger partial charge < -0.3 is 30.3 Å². The summed E-state index contributed by atoms with van der Waals surface area (Å²) in [6.07, 6.45) is 1.26. The standard InChI is InChI=1S/C23H34N4O5/c1-14(2)12-24-22(29)20(16-7-9-27(10-8-16)23(30)25-15(3)4)26-21(28)17-5-6-18-19(11-17)32-13-31-18/h5-6,11,14-16,20H,7-10,12-13H2,1-4H3,(H,24,29)(H,25,30)(H,26,28). The molecule has 1 aromatic rings. The number of benzene rings is 1. The molecule has 0 aromatic heterocycles. The number of hydrogen-bond acceptors (Lipinski definition) is 5. The summed E-state index contributed by atoms with van der Waals surface area (Å²) in [7, 11) is 0. The lowest BCUT2D eigenvalue weighted by molar-refractivity contribution is -0.124. The van der Waals surface area contributed by atoms with Gasteiger partial charge in [0, 0.05) is 31.2 Å². The van der Waals surface area contributed by atoms with Gasteiger partial charge in [0.05, 0.1) is 0 Å². The minimum absolute atomic E-state index is 0.0655. The van der Waals surface area contributed by atoms with Gasteiger partial charge in [-0.3, -0.25) is 9.59 Å². The maximum atomic E-state index is 13.0. The summed E-state index contributed by atoms with van der Waals surface area (Å²) in [5, 5.41) is 8.78. The van der Waals surface area contributed by atoms with Crippen LogP contribution in [0.15, 0.2) is 18.2 Å². The molecule has 2 aliphatic rings. The Balaban J connectivity index is 1.68. The quantitative estimate of drug-likeness (QED) is 0.594. The number of carbonyl (C=O) groups is 3. The van der Waals surface area contributed by atoms with E-state index < -0.39 is 6.04 Å². The molecular formula is C23H34N4O5. The molecule has 1 fully saturated rings. The van der Waals surface area contributed by atoms with Crippen LogP contribution >= 0.6 is 0 Å². The monoisotopic (exact) mass is 446 g/mol. The van der Waals surface area contributed by atoms with Gasteiger partial charge in [0.1, 0.15) is 6.04 Å². The smallest absolute Gasteiger partial charge is 0.317 e. The van der Waals surface area contributed by atoms with Crippen LogP contribution in [0.1, 0.15) is 50.9 Å². The number of likely N-dealkylation sites (tertiary alicyclic amines) is 1. The van der Waals surface area contributed by atoms with E-state index in [0.717, 1.165) is 0 Å². The SMILES string of the molecule is CC(C)CNC(=O)C(NC(=O)c1ccc2c(c1)OCO2)C1CCN(C(=O)NC(C)C)CC1. The topological polar surface area (TPSA) is 109 Å². The van der Waals surface area contributed by atoms with Crippen molar-refractivity contribution in [3.63, 3.8) is 0 Å². The van der Waals surface area contributed by atoms with Crippen molar-refractivity contribution >= 4 is 17.8 Å². The molecule has 1 aromatic carbocycles. The predicted octanol–water partition coefficient (Wildman–Crippen LogP) is 2.12. The zero-order chi connectivity index (χ0) is 23.3. The molecule has 0 spiro atoms. The van der Waals surface area contributed by atoms with Gasteiger partial charge in [-0.05, 0) is 56.7 Å². The van der Waals surface area contributed by atoms with Crippen LogP contribution in [0.2, 0.25) is 0 Å². The van der Waals surface area contributed by atoms with E-state index in [9.17, 15) is 14.4 Å². The molecule has 1 saturated heterocycles. The van der Waals surface area contributed by atoms with Gasteiger partial charge in [-0.15, -0.1) is 0 Å². The van der Waals surface area contributed by atoms with Crippen molar-refractivity contribution in [2.75, 3.05) is 26.4 Å². The third-order valence-corrected chi connectivity index (χ3v) is 5.60. The normalized spacial score (nSPS) is 16.8. The molecule has 176 valence electrons. The number of ether oxygens (including phenoxy) is 2. The molecule has 32 heavy (non-hydrogen) atoms. The summed E-state index contributed by atoms with van der Waals surface area (Å²) in [6.45, 7) is 9.62. The number of hydrogen-bond donors (Lipinski definition) is 3.